The lowest BCUT2D eigenvalue weighted by Gasteiger charge is -2.12. The zero-order valence-electron chi connectivity index (χ0n) is 15.7. The number of aromatic nitrogens is 1. The summed E-state index contributed by atoms with van der Waals surface area (Å²) in [7, 11) is 0. The number of hydrogen-bond donors (Lipinski definition) is 0. The highest BCUT2D eigenvalue weighted by atomic mass is 16.5. The van der Waals surface area contributed by atoms with Crippen LogP contribution >= 0.6 is 0 Å². The lowest BCUT2D eigenvalue weighted by Crippen LogP contribution is -1.98. The lowest BCUT2D eigenvalue weighted by molar-refractivity contribution is 0.290. The third-order valence-corrected chi connectivity index (χ3v) is 4.29. The molecule has 0 saturated heterocycles. The molecular weight excluding hydrogens is 350 g/mol. The third kappa shape index (κ3) is 4.60. The van der Waals surface area contributed by atoms with Gasteiger partial charge in [0.1, 0.15) is 24.7 Å². The minimum Gasteiger partial charge on any atom is -0.489 e. The molecule has 0 fully saturated rings. The summed E-state index contributed by atoms with van der Waals surface area (Å²) in [5.41, 5.74) is 3.91. The van der Waals surface area contributed by atoms with E-state index in [-0.39, 0.29) is 0 Å². The monoisotopic (exact) mass is 371 g/mol. The van der Waals surface area contributed by atoms with Crippen molar-refractivity contribution in [2.45, 2.75) is 20.1 Å². The number of ether oxygens (including phenoxy) is 2. The maximum absolute atomic E-state index is 6.01. The summed E-state index contributed by atoms with van der Waals surface area (Å²) in [6, 6.07) is 27.8. The fourth-order valence-electron chi connectivity index (χ4n) is 2.86. The van der Waals surface area contributed by atoms with E-state index in [1.54, 1.807) is 0 Å². The molecule has 0 spiro atoms. The Balaban J connectivity index is 1.57. The Bertz CT molecular complexity index is 964. The Morgan fingerprint density at radius 2 is 1.25 bits per heavy atom. The van der Waals surface area contributed by atoms with Gasteiger partial charge in [0.2, 0.25) is 0 Å². The Hall–Kier alpha value is -3.53. The minimum atomic E-state index is 0.484. The van der Waals surface area contributed by atoms with Crippen LogP contribution in [0.15, 0.2) is 89.5 Å². The molecule has 0 N–H and O–H groups in total. The van der Waals surface area contributed by atoms with Crippen LogP contribution < -0.4 is 9.47 Å². The number of aryl methyl sites for hydroxylation is 1. The van der Waals surface area contributed by atoms with Gasteiger partial charge < -0.3 is 14.0 Å². The molecular formula is C24H21NO3. The van der Waals surface area contributed by atoms with Gasteiger partial charge in [0.25, 0.3) is 0 Å². The van der Waals surface area contributed by atoms with E-state index in [9.17, 15) is 0 Å². The van der Waals surface area contributed by atoms with Crippen molar-refractivity contribution in [3.63, 3.8) is 0 Å². The van der Waals surface area contributed by atoms with Crippen LogP contribution in [-0.4, -0.2) is 5.16 Å². The second-order valence-electron chi connectivity index (χ2n) is 6.57. The predicted molar refractivity (Wildman–Crippen MR) is 108 cm³/mol. The van der Waals surface area contributed by atoms with Gasteiger partial charge in [0, 0.05) is 17.7 Å². The SMILES string of the molecule is Cc1cc(-c2cc(OCc3ccccc3)cc(OCc3ccccc3)c2)on1. The molecule has 1 aromatic heterocycles. The molecule has 0 unspecified atom stereocenters. The van der Waals surface area contributed by atoms with Crippen LogP contribution in [0.25, 0.3) is 11.3 Å². The summed E-state index contributed by atoms with van der Waals surface area (Å²) in [4.78, 5) is 0. The van der Waals surface area contributed by atoms with Gasteiger partial charge in [-0.05, 0) is 30.2 Å². The molecule has 0 atom stereocenters. The highest BCUT2D eigenvalue weighted by molar-refractivity contribution is 5.62. The van der Waals surface area contributed by atoms with Crippen LogP contribution in [0.4, 0.5) is 0 Å². The van der Waals surface area contributed by atoms with E-state index in [2.05, 4.69) is 5.16 Å². The molecule has 4 rings (SSSR count). The second kappa shape index (κ2) is 8.44. The molecule has 0 saturated carbocycles. The average Bonchev–Trinajstić information content (AvgIpc) is 3.19. The molecule has 0 radical (unpaired) electrons. The fraction of sp³-hybridized carbons (Fsp3) is 0.125. The third-order valence-electron chi connectivity index (χ3n) is 4.29. The van der Waals surface area contributed by atoms with E-state index in [0.29, 0.717) is 19.0 Å². The van der Waals surface area contributed by atoms with Gasteiger partial charge in [-0.15, -0.1) is 0 Å². The average molecular weight is 371 g/mol. The van der Waals surface area contributed by atoms with E-state index in [1.807, 2.05) is 91.9 Å². The molecule has 140 valence electrons. The number of nitrogens with zero attached hydrogens (tertiary/aromatic N) is 1. The molecule has 4 aromatic rings. The molecule has 4 heteroatoms. The summed E-state index contributed by atoms with van der Waals surface area (Å²) >= 11 is 0. The first-order chi connectivity index (χ1) is 13.8. The molecule has 0 bridgehead atoms. The van der Waals surface area contributed by atoms with Gasteiger partial charge in [-0.25, -0.2) is 0 Å². The van der Waals surface area contributed by atoms with Crippen molar-refractivity contribution in [2.75, 3.05) is 0 Å². The first kappa shape index (κ1) is 17.9. The molecule has 0 aliphatic rings. The summed E-state index contributed by atoms with van der Waals surface area (Å²) in [5, 5.41) is 3.98. The van der Waals surface area contributed by atoms with Gasteiger partial charge >= 0.3 is 0 Å². The van der Waals surface area contributed by atoms with Crippen molar-refractivity contribution in [2.24, 2.45) is 0 Å². The Labute approximate surface area is 164 Å². The van der Waals surface area contributed by atoms with Crippen molar-refractivity contribution in [1.29, 1.82) is 0 Å². The molecule has 0 aliphatic heterocycles. The summed E-state index contributed by atoms with van der Waals surface area (Å²) < 4.78 is 17.4. The number of benzene rings is 3. The van der Waals surface area contributed by atoms with Gasteiger partial charge in [-0.2, -0.15) is 0 Å². The van der Waals surface area contributed by atoms with Gasteiger partial charge in [0.05, 0.1) is 5.69 Å². The van der Waals surface area contributed by atoms with E-state index in [0.717, 1.165) is 33.9 Å². The largest absolute Gasteiger partial charge is 0.489 e. The van der Waals surface area contributed by atoms with Gasteiger partial charge in [-0.1, -0.05) is 65.8 Å². The van der Waals surface area contributed by atoms with Crippen molar-refractivity contribution < 1.29 is 14.0 Å². The highest BCUT2D eigenvalue weighted by Gasteiger charge is 2.10. The molecule has 0 amide bonds. The molecule has 1 heterocycles. The quantitative estimate of drug-likeness (QED) is 0.411. The molecule has 4 nitrogen and oxygen atoms in total. The van der Waals surface area contributed by atoms with E-state index >= 15 is 0 Å². The van der Waals surface area contributed by atoms with Crippen LogP contribution in [0.3, 0.4) is 0 Å². The summed E-state index contributed by atoms with van der Waals surface area (Å²) in [6.45, 7) is 2.87. The maximum Gasteiger partial charge on any atom is 0.167 e. The van der Waals surface area contributed by atoms with Crippen LogP contribution in [0.1, 0.15) is 16.8 Å². The van der Waals surface area contributed by atoms with Crippen molar-refractivity contribution >= 4 is 0 Å². The fourth-order valence-corrected chi connectivity index (χ4v) is 2.86. The zero-order valence-corrected chi connectivity index (χ0v) is 15.7. The van der Waals surface area contributed by atoms with E-state index in [4.69, 9.17) is 14.0 Å². The van der Waals surface area contributed by atoms with Crippen LogP contribution in [0.5, 0.6) is 11.5 Å². The van der Waals surface area contributed by atoms with E-state index in [1.165, 1.54) is 0 Å². The maximum atomic E-state index is 6.01. The highest BCUT2D eigenvalue weighted by Crippen LogP contribution is 2.31. The van der Waals surface area contributed by atoms with E-state index < -0.39 is 0 Å². The number of hydrogen-bond acceptors (Lipinski definition) is 4. The van der Waals surface area contributed by atoms with Gasteiger partial charge in [-0.3, -0.25) is 0 Å². The van der Waals surface area contributed by atoms with Crippen LogP contribution in [0, 0.1) is 6.92 Å². The number of rotatable bonds is 7. The smallest absolute Gasteiger partial charge is 0.167 e. The summed E-state index contributed by atoms with van der Waals surface area (Å²) in [5.74, 6) is 2.13. The topological polar surface area (TPSA) is 44.5 Å². The van der Waals surface area contributed by atoms with Crippen molar-refractivity contribution in [1.82, 2.24) is 5.16 Å². The molecule has 28 heavy (non-hydrogen) atoms. The van der Waals surface area contributed by atoms with Crippen molar-refractivity contribution in [3.05, 3.63) is 102 Å². The Morgan fingerprint density at radius 3 is 1.71 bits per heavy atom. The lowest BCUT2D eigenvalue weighted by atomic mass is 10.1. The molecule has 3 aromatic carbocycles. The Morgan fingerprint density at radius 1 is 0.714 bits per heavy atom. The zero-order chi connectivity index (χ0) is 19.2. The predicted octanol–water partition coefficient (Wildman–Crippen LogP) is 5.81. The first-order valence-electron chi connectivity index (χ1n) is 9.18. The van der Waals surface area contributed by atoms with Crippen molar-refractivity contribution in [3.8, 4) is 22.8 Å². The summed E-state index contributed by atoms with van der Waals surface area (Å²) in [6.07, 6.45) is 0. The standard InChI is InChI=1S/C24H21NO3/c1-18-12-24(28-25-18)21-13-22(26-16-19-8-4-2-5-9-19)15-23(14-21)27-17-20-10-6-3-7-11-20/h2-15H,16-17H2,1H3. The minimum absolute atomic E-state index is 0.484. The van der Waals surface area contributed by atoms with Crippen LogP contribution in [-0.2, 0) is 13.2 Å². The molecule has 0 aliphatic carbocycles. The van der Waals surface area contributed by atoms with Crippen LogP contribution in [0.2, 0.25) is 0 Å². The normalized spacial score (nSPS) is 10.6. The Kier molecular flexibility index (Phi) is 5.38. The first-order valence-corrected chi connectivity index (χ1v) is 9.18. The second-order valence-corrected chi connectivity index (χ2v) is 6.57. The van der Waals surface area contributed by atoms with Gasteiger partial charge in [0.15, 0.2) is 5.76 Å².